The van der Waals surface area contributed by atoms with Gasteiger partial charge in [0.05, 0.1) is 6.61 Å². The molecular formula is C16H34N2O. The van der Waals surface area contributed by atoms with Gasteiger partial charge < -0.3 is 10.1 Å². The van der Waals surface area contributed by atoms with Crippen LogP contribution < -0.4 is 5.32 Å². The van der Waals surface area contributed by atoms with Crippen molar-refractivity contribution in [3.05, 3.63) is 0 Å². The maximum atomic E-state index is 5.30. The second kappa shape index (κ2) is 8.93. The molecule has 1 fully saturated rings. The molecular weight excluding hydrogens is 236 g/mol. The van der Waals surface area contributed by atoms with Crippen LogP contribution in [0.1, 0.15) is 52.9 Å². The summed E-state index contributed by atoms with van der Waals surface area (Å²) in [5.41, 5.74) is 0.539. The number of nitrogens with zero attached hydrogens (tertiary/aromatic N) is 1. The zero-order chi connectivity index (χ0) is 14.1. The SMILES string of the molecule is CCCC1(CN(CCOC)C(C)CC)CCNCC1. The summed E-state index contributed by atoms with van der Waals surface area (Å²) in [4.78, 5) is 2.66. The van der Waals surface area contributed by atoms with E-state index in [1.54, 1.807) is 7.11 Å². The smallest absolute Gasteiger partial charge is 0.0589 e. The third-order valence-electron chi connectivity index (χ3n) is 4.78. The van der Waals surface area contributed by atoms with E-state index in [0.29, 0.717) is 11.5 Å². The minimum absolute atomic E-state index is 0.539. The van der Waals surface area contributed by atoms with Crippen LogP contribution in [0.4, 0.5) is 0 Å². The van der Waals surface area contributed by atoms with Crippen molar-refractivity contribution >= 4 is 0 Å². The van der Waals surface area contributed by atoms with Gasteiger partial charge in [-0.15, -0.1) is 0 Å². The Balaban J connectivity index is 2.65. The molecule has 3 heteroatoms. The lowest BCUT2D eigenvalue weighted by atomic mass is 9.74. The molecule has 1 atom stereocenters. The maximum Gasteiger partial charge on any atom is 0.0589 e. The van der Waals surface area contributed by atoms with Crippen LogP contribution >= 0.6 is 0 Å². The molecule has 1 aliphatic heterocycles. The van der Waals surface area contributed by atoms with Gasteiger partial charge in [-0.05, 0) is 51.1 Å². The molecule has 0 aromatic heterocycles. The first-order chi connectivity index (χ1) is 9.17. The van der Waals surface area contributed by atoms with Crippen molar-refractivity contribution in [3.8, 4) is 0 Å². The van der Waals surface area contributed by atoms with Crippen LogP contribution in [0.2, 0.25) is 0 Å². The van der Waals surface area contributed by atoms with E-state index < -0.39 is 0 Å². The summed E-state index contributed by atoms with van der Waals surface area (Å²) < 4.78 is 5.30. The van der Waals surface area contributed by atoms with E-state index in [1.165, 1.54) is 51.7 Å². The van der Waals surface area contributed by atoms with E-state index >= 15 is 0 Å². The van der Waals surface area contributed by atoms with Crippen LogP contribution in [0.3, 0.4) is 0 Å². The zero-order valence-corrected chi connectivity index (χ0v) is 13.5. The van der Waals surface area contributed by atoms with Crippen molar-refractivity contribution in [3.63, 3.8) is 0 Å². The quantitative estimate of drug-likeness (QED) is 0.697. The molecule has 0 aliphatic carbocycles. The molecule has 0 amide bonds. The minimum atomic E-state index is 0.539. The molecule has 1 N–H and O–H groups in total. The molecule has 1 saturated heterocycles. The lowest BCUT2D eigenvalue weighted by Gasteiger charge is -2.43. The number of ether oxygens (including phenoxy) is 1. The Kier molecular flexibility index (Phi) is 7.96. The molecule has 114 valence electrons. The van der Waals surface area contributed by atoms with Gasteiger partial charge in [-0.2, -0.15) is 0 Å². The fraction of sp³-hybridized carbons (Fsp3) is 1.00. The molecule has 0 radical (unpaired) electrons. The number of rotatable bonds is 9. The number of methoxy groups -OCH3 is 1. The van der Waals surface area contributed by atoms with Gasteiger partial charge in [0.25, 0.3) is 0 Å². The molecule has 0 aromatic rings. The summed E-state index contributed by atoms with van der Waals surface area (Å²) in [6.45, 7) is 12.5. The van der Waals surface area contributed by atoms with Gasteiger partial charge in [-0.3, -0.25) is 4.90 Å². The lowest BCUT2D eigenvalue weighted by Crippen LogP contribution is -2.48. The molecule has 0 saturated carbocycles. The third kappa shape index (κ3) is 5.41. The molecule has 19 heavy (non-hydrogen) atoms. The maximum absolute atomic E-state index is 5.30. The number of piperidine rings is 1. The minimum Gasteiger partial charge on any atom is -0.383 e. The van der Waals surface area contributed by atoms with Crippen molar-refractivity contribution in [2.45, 2.75) is 58.9 Å². The fourth-order valence-corrected chi connectivity index (χ4v) is 3.33. The predicted octanol–water partition coefficient (Wildman–Crippen LogP) is 2.90. The molecule has 1 unspecified atom stereocenters. The first-order valence-electron chi connectivity index (χ1n) is 8.11. The average molecular weight is 270 g/mol. The monoisotopic (exact) mass is 270 g/mol. The van der Waals surface area contributed by atoms with Gasteiger partial charge in [0.1, 0.15) is 0 Å². The fourth-order valence-electron chi connectivity index (χ4n) is 3.33. The highest BCUT2D eigenvalue weighted by molar-refractivity contribution is 4.88. The molecule has 0 spiro atoms. The highest BCUT2D eigenvalue weighted by atomic mass is 16.5. The molecule has 0 aromatic carbocycles. The van der Waals surface area contributed by atoms with Crippen molar-refractivity contribution in [1.29, 1.82) is 0 Å². The van der Waals surface area contributed by atoms with E-state index in [9.17, 15) is 0 Å². The second-order valence-corrected chi connectivity index (χ2v) is 6.22. The first kappa shape index (κ1) is 16.9. The summed E-state index contributed by atoms with van der Waals surface area (Å²) in [5, 5.41) is 3.51. The molecule has 3 nitrogen and oxygen atoms in total. The Bertz CT molecular complexity index is 221. The van der Waals surface area contributed by atoms with E-state index in [2.05, 4.69) is 31.0 Å². The molecule has 0 bridgehead atoms. The normalized spacial score (nSPS) is 20.7. The Morgan fingerprint density at radius 2 is 1.95 bits per heavy atom. The van der Waals surface area contributed by atoms with Gasteiger partial charge >= 0.3 is 0 Å². The van der Waals surface area contributed by atoms with Crippen LogP contribution in [0.25, 0.3) is 0 Å². The van der Waals surface area contributed by atoms with Crippen LogP contribution in [-0.2, 0) is 4.74 Å². The van der Waals surface area contributed by atoms with Crippen LogP contribution in [0, 0.1) is 5.41 Å². The van der Waals surface area contributed by atoms with E-state index in [4.69, 9.17) is 4.74 Å². The summed E-state index contributed by atoms with van der Waals surface area (Å²) in [5.74, 6) is 0. The first-order valence-corrected chi connectivity index (χ1v) is 8.11. The summed E-state index contributed by atoms with van der Waals surface area (Å²) in [6.07, 6.45) is 6.57. The molecule has 1 heterocycles. The van der Waals surface area contributed by atoms with Gasteiger partial charge in [-0.1, -0.05) is 20.3 Å². The zero-order valence-electron chi connectivity index (χ0n) is 13.5. The summed E-state index contributed by atoms with van der Waals surface area (Å²) in [7, 11) is 1.81. The van der Waals surface area contributed by atoms with Gasteiger partial charge in [0, 0.05) is 26.2 Å². The summed E-state index contributed by atoms with van der Waals surface area (Å²) >= 11 is 0. The number of nitrogens with one attached hydrogen (secondary N) is 1. The number of hydrogen-bond donors (Lipinski definition) is 1. The Morgan fingerprint density at radius 1 is 1.26 bits per heavy atom. The summed E-state index contributed by atoms with van der Waals surface area (Å²) in [6, 6.07) is 0.666. The lowest BCUT2D eigenvalue weighted by molar-refractivity contribution is 0.0545. The van der Waals surface area contributed by atoms with Crippen molar-refractivity contribution in [1.82, 2.24) is 10.2 Å². The standard InChI is InChI=1S/C16H34N2O/c1-5-7-16(8-10-17-11-9-16)14-18(12-13-19-4)15(3)6-2/h15,17H,5-14H2,1-4H3. The Morgan fingerprint density at radius 3 is 2.47 bits per heavy atom. The largest absolute Gasteiger partial charge is 0.383 e. The number of hydrogen-bond acceptors (Lipinski definition) is 3. The van der Waals surface area contributed by atoms with Gasteiger partial charge in [-0.25, -0.2) is 0 Å². The van der Waals surface area contributed by atoms with Gasteiger partial charge in [0.2, 0.25) is 0 Å². The van der Waals surface area contributed by atoms with E-state index in [0.717, 1.165) is 13.2 Å². The third-order valence-corrected chi connectivity index (χ3v) is 4.78. The predicted molar refractivity (Wildman–Crippen MR) is 82.6 cm³/mol. The van der Waals surface area contributed by atoms with Crippen LogP contribution in [0.15, 0.2) is 0 Å². The highest BCUT2D eigenvalue weighted by Gasteiger charge is 2.33. The van der Waals surface area contributed by atoms with Crippen LogP contribution in [0.5, 0.6) is 0 Å². The van der Waals surface area contributed by atoms with Crippen LogP contribution in [-0.4, -0.2) is 50.8 Å². The van der Waals surface area contributed by atoms with Crippen molar-refractivity contribution < 1.29 is 4.74 Å². The Labute approximate surface area is 120 Å². The molecule has 1 rings (SSSR count). The van der Waals surface area contributed by atoms with Crippen molar-refractivity contribution in [2.75, 3.05) is 39.9 Å². The average Bonchev–Trinajstić information content (AvgIpc) is 2.44. The molecule has 1 aliphatic rings. The topological polar surface area (TPSA) is 24.5 Å². The second-order valence-electron chi connectivity index (χ2n) is 6.22. The van der Waals surface area contributed by atoms with Crippen molar-refractivity contribution in [2.24, 2.45) is 5.41 Å². The van der Waals surface area contributed by atoms with Gasteiger partial charge in [0.15, 0.2) is 0 Å². The highest BCUT2D eigenvalue weighted by Crippen LogP contribution is 2.35. The van der Waals surface area contributed by atoms with E-state index in [1.807, 2.05) is 0 Å². The van der Waals surface area contributed by atoms with E-state index in [-0.39, 0.29) is 0 Å². The Hall–Kier alpha value is -0.120.